The zero-order valence-electron chi connectivity index (χ0n) is 21.9. The van der Waals surface area contributed by atoms with E-state index in [1.165, 1.54) is 70.4 Å². The van der Waals surface area contributed by atoms with Crippen LogP contribution in [-0.4, -0.2) is 46.0 Å². The maximum absolute atomic E-state index is 15.0. The molecule has 1 aliphatic heterocycles. The van der Waals surface area contributed by atoms with E-state index in [4.69, 9.17) is 9.84 Å². The topological polar surface area (TPSA) is 120 Å². The Bertz CT molecular complexity index is 1630. The van der Waals surface area contributed by atoms with Crippen LogP contribution in [0.15, 0.2) is 79.0 Å². The number of benzene rings is 3. The van der Waals surface area contributed by atoms with Gasteiger partial charge in [0.25, 0.3) is 17.7 Å². The van der Waals surface area contributed by atoms with Gasteiger partial charge in [-0.2, -0.15) is 19.1 Å². The highest BCUT2D eigenvalue weighted by atomic mass is 19.3. The number of nitrogens with one attached hydrogen (secondary N) is 1. The maximum atomic E-state index is 15.0. The van der Waals surface area contributed by atoms with Crippen molar-refractivity contribution in [2.45, 2.75) is 25.4 Å². The molecule has 208 valence electrons. The summed E-state index contributed by atoms with van der Waals surface area (Å²) >= 11 is 0. The lowest BCUT2D eigenvalue weighted by atomic mass is 9.99. The van der Waals surface area contributed by atoms with Crippen LogP contribution in [0.1, 0.15) is 44.5 Å². The Labute approximate surface area is 234 Å². The van der Waals surface area contributed by atoms with E-state index < -0.39 is 17.7 Å². The summed E-state index contributed by atoms with van der Waals surface area (Å²) in [7, 11) is 0. The first kappa shape index (κ1) is 27.5. The minimum absolute atomic E-state index is 0.0120. The van der Waals surface area contributed by atoms with Gasteiger partial charge in [-0.05, 0) is 37.3 Å². The molecule has 1 aromatic heterocycles. The summed E-state index contributed by atoms with van der Waals surface area (Å²) in [6, 6.07) is 19.1. The van der Waals surface area contributed by atoms with Crippen LogP contribution in [0.5, 0.6) is 5.75 Å². The molecule has 3 aromatic carbocycles. The number of rotatable bonds is 8. The number of ether oxygens (including phenoxy) is 1. The van der Waals surface area contributed by atoms with Crippen LogP contribution in [0.25, 0.3) is 0 Å². The van der Waals surface area contributed by atoms with E-state index in [1.54, 1.807) is 25.1 Å². The SMILES string of the molecule is CC1Cn2ncc(C(=O)Nc3ccc(OCCO)c(C#N)c3)c2C(=O)N1c1ccc(C(F)(F)c2ccccc2)cc1. The van der Waals surface area contributed by atoms with Crippen LogP contribution in [0.3, 0.4) is 0 Å². The first-order valence-electron chi connectivity index (χ1n) is 12.8. The Hall–Kier alpha value is -5.08. The molecule has 5 rings (SSSR count). The molecular weight excluding hydrogens is 532 g/mol. The average Bonchev–Trinajstić information content (AvgIpc) is 3.41. The molecule has 11 heteroatoms. The van der Waals surface area contributed by atoms with Crippen molar-refractivity contribution in [3.63, 3.8) is 0 Å². The molecule has 1 aliphatic rings. The van der Waals surface area contributed by atoms with Crippen molar-refractivity contribution in [1.82, 2.24) is 9.78 Å². The lowest BCUT2D eigenvalue weighted by Gasteiger charge is -2.34. The summed E-state index contributed by atoms with van der Waals surface area (Å²) < 4.78 is 36.9. The van der Waals surface area contributed by atoms with Crippen LogP contribution in [-0.2, 0) is 12.5 Å². The monoisotopic (exact) mass is 557 g/mol. The van der Waals surface area contributed by atoms with Crippen LogP contribution in [0, 0.1) is 11.3 Å². The number of aliphatic hydroxyl groups is 1. The van der Waals surface area contributed by atoms with Crippen molar-refractivity contribution >= 4 is 23.2 Å². The summed E-state index contributed by atoms with van der Waals surface area (Å²) in [5.74, 6) is -4.07. The van der Waals surface area contributed by atoms with Gasteiger partial charge in [0.1, 0.15) is 24.1 Å². The molecule has 41 heavy (non-hydrogen) atoms. The molecule has 4 aromatic rings. The Morgan fingerprint density at radius 2 is 1.85 bits per heavy atom. The number of nitriles is 1. The predicted molar refractivity (Wildman–Crippen MR) is 146 cm³/mol. The van der Waals surface area contributed by atoms with Crippen molar-refractivity contribution in [3.05, 3.63) is 107 Å². The van der Waals surface area contributed by atoms with Gasteiger partial charge in [0.05, 0.1) is 36.5 Å². The van der Waals surface area contributed by atoms with E-state index in [9.17, 15) is 14.9 Å². The normalized spacial score (nSPS) is 14.8. The molecule has 0 spiro atoms. The van der Waals surface area contributed by atoms with E-state index in [0.717, 1.165) is 0 Å². The minimum atomic E-state index is -3.21. The summed E-state index contributed by atoms with van der Waals surface area (Å²) in [4.78, 5) is 28.3. The summed E-state index contributed by atoms with van der Waals surface area (Å²) in [6.07, 6.45) is 1.30. The van der Waals surface area contributed by atoms with Gasteiger partial charge >= 0.3 is 0 Å². The van der Waals surface area contributed by atoms with Gasteiger partial charge in [-0.3, -0.25) is 14.3 Å². The second-order valence-electron chi connectivity index (χ2n) is 9.45. The molecule has 0 saturated heterocycles. The van der Waals surface area contributed by atoms with Crippen molar-refractivity contribution in [2.24, 2.45) is 0 Å². The zero-order valence-corrected chi connectivity index (χ0v) is 21.9. The number of aromatic nitrogens is 2. The number of alkyl halides is 2. The van der Waals surface area contributed by atoms with Crippen LogP contribution in [0.2, 0.25) is 0 Å². The molecular formula is C30H25F2N5O4. The van der Waals surface area contributed by atoms with Gasteiger partial charge < -0.3 is 20.1 Å². The number of anilines is 2. The zero-order chi connectivity index (χ0) is 29.1. The van der Waals surface area contributed by atoms with Crippen LogP contribution in [0.4, 0.5) is 20.2 Å². The van der Waals surface area contributed by atoms with Crippen LogP contribution >= 0.6 is 0 Å². The van der Waals surface area contributed by atoms with Crippen molar-refractivity contribution in [1.29, 1.82) is 5.26 Å². The fraction of sp³-hybridized carbons (Fsp3) is 0.200. The summed E-state index contributed by atoms with van der Waals surface area (Å²) in [6.45, 7) is 1.88. The number of nitrogens with zero attached hydrogens (tertiary/aromatic N) is 4. The van der Waals surface area contributed by atoms with E-state index in [0.29, 0.717) is 11.4 Å². The number of hydrogen-bond donors (Lipinski definition) is 2. The molecule has 1 unspecified atom stereocenters. The summed E-state index contributed by atoms with van der Waals surface area (Å²) in [5, 5.41) is 25.3. The number of halogens is 2. The van der Waals surface area contributed by atoms with Crippen molar-refractivity contribution in [2.75, 3.05) is 23.4 Å². The lowest BCUT2D eigenvalue weighted by Crippen LogP contribution is -2.47. The first-order chi connectivity index (χ1) is 19.7. The molecule has 2 N–H and O–H groups in total. The van der Waals surface area contributed by atoms with Crippen molar-refractivity contribution < 1.29 is 28.2 Å². The van der Waals surface area contributed by atoms with E-state index in [-0.39, 0.29) is 59.5 Å². The van der Waals surface area contributed by atoms with Gasteiger partial charge in [0.2, 0.25) is 0 Å². The van der Waals surface area contributed by atoms with Gasteiger partial charge in [0.15, 0.2) is 0 Å². The second-order valence-corrected chi connectivity index (χ2v) is 9.45. The largest absolute Gasteiger partial charge is 0.490 e. The molecule has 0 fully saturated rings. The molecule has 0 saturated carbocycles. The standard InChI is InChI=1S/C30H25F2N5O4/c1-19-18-36-27(25(17-34-36)28(39)35-23-9-12-26(41-14-13-38)20(15-23)16-33)29(40)37(19)24-10-7-22(8-11-24)30(31,32)21-5-3-2-4-6-21/h2-12,15,17,19,38H,13-14,18H2,1H3,(H,35,39). The fourth-order valence-corrected chi connectivity index (χ4v) is 4.75. The fourth-order valence-electron chi connectivity index (χ4n) is 4.75. The minimum Gasteiger partial charge on any atom is -0.490 e. The van der Waals surface area contributed by atoms with Gasteiger partial charge in [0, 0.05) is 22.5 Å². The van der Waals surface area contributed by atoms with Crippen LogP contribution < -0.4 is 15.0 Å². The first-order valence-corrected chi connectivity index (χ1v) is 12.8. The van der Waals surface area contributed by atoms with E-state index >= 15 is 8.78 Å². The second kappa shape index (κ2) is 11.2. The molecule has 2 heterocycles. The van der Waals surface area contributed by atoms with Crippen molar-refractivity contribution in [3.8, 4) is 11.8 Å². The Morgan fingerprint density at radius 1 is 1.15 bits per heavy atom. The Balaban J connectivity index is 1.38. The summed E-state index contributed by atoms with van der Waals surface area (Å²) in [5.41, 5.74) is 0.604. The third kappa shape index (κ3) is 5.25. The van der Waals surface area contributed by atoms with Gasteiger partial charge in [-0.25, -0.2) is 0 Å². The lowest BCUT2D eigenvalue weighted by molar-refractivity contribution is 0.0428. The molecule has 0 radical (unpaired) electrons. The number of fused-ring (bicyclic) bond motifs is 1. The quantitative estimate of drug-likeness (QED) is 0.328. The smallest absolute Gasteiger partial charge is 0.298 e. The van der Waals surface area contributed by atoms with E-state index in [2.05, 4.69) is 10.4 Å². The highest BCUT2D eigenvalue weighted by molar-refractivity contribution is 6.15. The van der Waals surface area contributed by atoms with Gasteiger partial charge in [-0.15, -0.1) is 0 Å². The number of amides is 2. The highest BCUT2D eigenvalue weighted by Gasteiger charge is 2.37. The maximum Gasteiger partial charge on any atom is 0.298 e. The number of aliphatic hydroxyl groups excluding tert-OH is 1. The highest BCUT2D eigenvalue weighted by Crippen LogP contribution is 2.37. The number of carbonyl (C=O) groups excluding carboxylic acids is 2. The Kier molecular flexibility index (Phi) is 7.50. The van der Waals surface area contributed by atoms with Gasteiger partial charge in [-0.1, -0.05) is 42.5 Å². The Morgan fingerprint density at radius 3 is 2.54 bits per heavy atom. The van der Waals surface area contributed by atoms with E-state index in [1.807, 2.05) is 6.07 Å². The molecule has 1 atom stereocenters. The third-order valence-corrected chi connectivity index (χ3v) is 6.73. The molecule has 2 amide bonds. The predicted octanol–water partition coefficient (Wildman–Crippen LogP) is 4.57. The molecule has 9 nitrogen and oxygen atoms in total. The number of carbonyl (C=O) groups is 2. The molecule has 0 bridgehead atoms. The number of hydrogen-bond acceptors (Lipinski definition) is 6. The molecule has 0 aliphatic carbocycles. The average molecular weight is 558 g/mol. The third-order valence-electron chi connectivity index (χ3n) is 6.73.